The lowest BCUT2D eigenvalue weighted by Gasteiger charge is -2.29. The Hall–Kier alpha value is -3.53. The van der Waals surface area contributed by atoms with Gasteiger partial charge in [0.05, 0.1) is 6.61 Å². The highest BCUT2D eigenvalue weighted by molar-refractivity contribution is 5.71. The number of carbonyl (C=O) groups excluding carboxylic acids is 1. The fourth-order valence-corrected chi connectivity index (χ4v) is 4.59. The molecule has 0 bridgehead atoms. The van der Waals surface area contributed by atoms with Crippen molar-refractivity contribution in [2.75, 3.05) is 13.2 Å². The van der Waals surface area contributed by atoms with Crippen molar-refractivity contribution >= 4 is 6.29 Å². The molecule has 1 unspecified atom stereocenters. The summed E-state index contributed by atoms with van der Waals surface area (Å²) in [6.45, 7) is 10.1. The van der Waals surface area contributed by atoms with Gasteiger partial charge in [-0.05, 0) is 62.1 Å². The summed E-state index contributed by atoms with van der Waals surface area (Å²) in [4.78, 5) is 11.3. The third-order valence-electron chi connectivity index (χ3n) is 6.70. The van der Waals surface area contributed by atoms with Gasteiger partial charge in [0.15, 0.2) is 0 Å². The summed E-state index contributed by atoms with van der Waals surface area (Å²) in [6.07, 6.45) is 3.62. The van der Waals surface area contributed by atoms with E-state index in [-0.39, 0.29) is 5.92 Å². The van der Waals surface area contributed by atoms with Crippen LogP contribution >= 0.6 is 0 Å². The van der Waals surface area contributed by atoms with Gasteiger partial charge in [-0.1, -0.05) is 60.9 Å². The van der Waals surface area contributed by atoms with E-state index >= 15 is 0 Å². The fourth-order valence-electron chi connectivity index (χ4n) is 4.59. The van der Waals surface area contributed by atoms with E-state index in [0.29, 0.717) is 19.6 Å². The Balaban J connectivity index is 1.45. The van der Waals surface area contributed by atoms with E-state index in [9.17, 15) is 4.79 Å². The van der Waals surface area contributed by atoms with Crippen LogP contribution in [0.25, 0.3) is 11.1 Å². The summed E-state index contributed by atoms with van der Waals surface area (Å²) >= 11 is 0. The summed E-state index contributed by atoms with van der Waals surface area (Å²) in [5, 5.41) is 0. The number of rotatable bonds is 10. The maximum atomic E-state index is 11.3. The molecule has 0 amide bonds. The Bertz CT molecular complexity index is 1220. The van der Waals surface area contributed by atoms with E-state index in [1.807, 2.05) is 18.2 Å². The summed E-state index contributed by atoms with van der Waals surface area (Å²) < 4.78 is 18.2. The molecule has 4 heteroatoms. The summed E-state index contributed by atoms with van der Waals surface area (Å²) in [6, 6.07) is 20.7. The van der Waals surface area contributed by atoms with E-state index in [1.165, 1.54) is 16.7 Å². The molecule has 3 aromatic carbocycles. The Morgan fingerprint density at radius 3 is 2.56 bits per heavy atom. The highest BCUT2D eigenvalue weighted by Gasteiger charge is 2.26. The van der Waals surface area contributed by atoms with E-state index in [0.717, 1.165) is 65.2 Å². The van der Waals surface area contributed by atoms with Crippen LogP contribution in [0.2, 0.25) is 0 Å². The molecule has 0 fully saturated rings. The van der Waals surface area contributed by atoms with Crippen molar-refractivity contribution in [2.45, 2.75) is 59.5 Å². The van der Waals surface area contributed by atoms with Gasteiger partial charge >= 0.3 is 0 Å². The smallest absolute Gasteiger partial charge is 0.127 e. The second-order valence-electron chi connectivity index (χ2n) is 9.66. The molecular weight excluding hydrogens is 448 g/mol. The Morgan fingerprint density at radius 2 is 1.83 bits per heavy atom. The molecule has 1 aliphatic heterocycles. The molecule has 0 N–H and O–H groups in total. The first-order valence-electron chi connectivity index (χ1n) is 12.8. The second-order valence-corrected chi connectivity index (χ2v) is 9.66. The molecule has 1 aliphatic rings. The summed E-state index contributed by atoms with van der Waals surface area (Å²) in [5.74, 6) is 2.56. The normalized spacial score (nSPS) is 14.6. The minimum absolute atomic E-state index is 0.0790. The largest absolute Gasteiger partial charge is 0.493 e. The molecule has 0 saturated carbocycles. The molecule has 1 heterocycles. The van der Waals surface area contributed by atoms with Crippen molar-refractivity contribution in [3.05, 3.63) is 88.5 Å². The van der Waals surface area contributed by atoms with Gasteiger partial charge in [0.1, 0.15) is 36.7 Å². The molecule has 188 valence electrons. The maximum absolute atomic E-state index is 11.3. The van der Waals surface area contributed by atoms with Crippen LogP contribution < -0.4 is 14.2 Å². The Morgan fingerprint density at radius 1 is 1.03 bits per heavy atom. The fraction of sp³-hybridized carbons (Fsp3) is 0.344. The van der Waals surface area contributed by atoms with Gasteiger partial charge < -0.3 is 19.0 Å². The third kappa shape index (κ3) is 5.99. The average molecular weight is 485 g/mol. The Labute approximate surface area is 214 Å². The van der Waals surface area contributed by atoms with Crippen molar-refractivity contribution in [3.63, 3.8) is 0 Å². The molecule has 36 heavy (non-hydrogen) atoms. The van der Waals surface area contributed by atoms with Crippen molar-refractivity contribution in [1.29, 1.82) is 0 Å². The molecule has 3 aromatic rings. The number of aldehydes is 1. The van der Waals surface area contributed by atoms with Crippen LogP contribution in [0.15, 0.2) is 71.8 Å². The summed E-state index contributed by atoms with van der Waals surface area (Å²) in [5.41, 5.74) is 8.00. The van der Waals surface area contributed by atoms with E-state index in [1.54, 1.807) is 0 Å². The quantitative estimate of drug-likeness (QED) is 0.167. The standard InChI is InChI=1S/C32H36O4/c1-5-6-17-34-31-14-7-23(4)18-29(31)25-10-8-24(9-11-25)20-35-26-12-13-28-27(15-16-33)30(22(2)3)21-36-32(28)19-26/h7-14,16,18-19,27H,5-6,15,17,20-21H2,1-4H3. The zero-order chi connectivity index (χ0) is 25.5. The van der Waals surface area contributed by atoms with Crippen LogP contribution in [-0.2, 0) is 11.4 Å². The van der Waals surface area contributed by atoms with Crippen LogP contribution in [0.3, 0.4) is 0 Å². The van der Waals surface area contributed by atoms with Crippen LogP contribution in [-0.4, -0.2) is 19.5 Å². The van der Waals surface area contributed by atoms with Crippen LogP contribution in [0.1, 0.15) is 62.6 Å². The zero-order valence-electron chi connectivity index (χ0n) is 21.8. The van der Waals surface area contributed by atoms with Gasteiger partial charge in [0.25, 0.3) is 0 Å². The number of carbonyl (C=O) groups is 1. The van der Waals surface area contributed by atoms with Gasteiger partial charge in [-0.25, -0.2) is 0 Å². The molecule has 4 nitrogen and oxygen atoms in total. The van der Waals surface area contributed by atoms with Gasteiger partial charge in [-0.15, -0.1) is 0 Å². The number of hydrogen-bond acceptors (Lipinski definition) is 4. The lowest BCUT2D eigenvalue weighted by atomic mass is 9.84. The molecule has 0 aromatic heterocycles. The minimum Gasteiger partial charge on any atom is -0.493 e. The first-order chi connectivity index (χ1) is 17.5. The highest BCUT2D eigenvalue weighted by Crippen LogP contribution is 2.41. The molecule has 0 saturated heterocycles. The molecular formula is C32H36O4. The predicted molar refractivity (Wildman–Crippen MR) is 145 cm³/mol. The number of fused-ring (bicyclic) bond motifs is 1. The zero-order valence-corrected chi connectivity index (χ0v) is 21.8. The SMILES string of the molecule is CCCCOc1ccc(C)cc1-c1ccc(COc2ccc3c(c2)OCC(=C(C)C)C3CC=O)cc1. The van der Waals surface area contributed by atoms with Crippen molar-refractivity contribution in [3.8, 4) is 28.4 Å². The van der Waals surface area contributed by atoms with Gasteiger partial charge in [-0.3, -0.25) is 0 Å². The van der Waals surface area contributed by atoms with Gasteiger partial charge in [0.2, 0.25) is 0 Å². The molecule has 0 spiro atoms. The number of hydrogen-bond donors (Lipinski definition) is 0. The molecule has 4 rings (SSSR count). The lowest BCUT2D eigenvalue weighted by molar-refractivity contribution is -0.108. The Kier molecular flexibility index (Phi) is 8.48. The maximum Gasteiger partial charge on any atom is 0.127 e. The number of allylic oxidation sites excluding steroid dienone is 1. The highest BCUT2D eigenvalue weighted by atomic mass is 16.5. The molecule has 1 atom stereocenters. The number of unbranched alkanes of at least 4 members (excludes halogenated alkanes) is 1. The average Bonchev–Trinajstić information content (AvgIpc) is 2.88. The number of ether oxygens (including phenoxy) is 3. The first kappa shape index (κ1) is 25.6. The van der Waals surface area contributed by atoms with Crippen LogP contribution in [0.4, 0.5) is 0 Å². The third-order valence-corrected chi connectivity index (χ3v) is 6.70. The van der Waals surface area contributed by atoms with Gasteiger partial charge in [0, 0.05) is 29.5 Å². The topological polar surface area (TPSA) is 44.8 Å². The summed E-state index contributed by atoms with van der Waals surface area (Å²) in [7, 11) is 0. The van der Waals surface area contributed by atoms with E-state index in [2.05, 4.69) is 70.2 Å². The molecule has 0 aliphatic carbocycles. The van der Waals surface area contributed by atoms with Crippen molar-refractivity contribution in [1.82, 2.24) is 0 Å². The lowest BCUT2D eigenvalue weighted by Crippen LogP contribution is -2.19. The van der Waals surface area contributed by atoms with Crippen molar-refractivity contribution in [2.24, 2.45) is 0 Å². The van der Waals surface area contributed by atoms with E-state index < -0.39 is 0 Å². The number of aryl methyl sites for hydroxylation is 1. The minimum atomic E-state index is 0.0790. The molecule has 0 radical (unpaired) electrons. The predicted octanol–water partition coefficient (Wildman–Crippen LogP) is 7.82. The van der Waals surface area contributed by atoms with Crippen LogP contribution in [0.5, 0.6) is 17.2 Å². The first-order valence-corrected chi connectivity index (χ1v) is 12.8. The van der Waals surface area contributed by atoms with Crippen molar-refractivity contribution < 1.29 is 19.0 Å². The number of benzene rings is 3. The van der Waals surface area contributed by atoms with Gasteiger partial charge in [-0.2, -0.15) is 0 Å². The van der Waals surface area contributed by atoms with Crippen LogP contribution in [0, 0.1) is 6.92 Å². The second kappa shape index (κ2) is 11.9. The van der Waals surface area contributed by atoms with E-state index in [4.69, 9.17) is 14.2 Å². The monoisotopic (exact) mass is 484 g/mol.